The summed E-state index contributed by atoms with van der Waals surface area (Å²) in [6.45, 7) is 0. The van der Waals surface area contributed by atoms with E-state index in [-0.39, 0.29) is 0 Å². The van der Waals surface area contributed by atoms with Gasteiger partial charge in [-0.3, -0.25) is 0 Å². The SMILES string of the molecule is N#[13C][13CH2][13CH2][13CH]=O. The number of hydrogen-bond acceptors (Lipinski definition) is 2. The van der Waals surface area contributed by atoms with Crippen LogP contribution in [0, 0.1) is 11.3 Å². The second-order valence-electron chi connectivity index (χ2n) is 0.863. The van der Waals surface area contributed by atoms with Crippen LogP contribution in [0.4, 0.5) is 0 Å². The quantitative estimate of drug-likeness (QED) is 0.279. The topological polar surface area (TPSA) is 40.9 Å². The fourth-order valence-corrected chi connectivity index (χ4v) is 0.123. The smallest absolute Gasteiger partial charge is 0.121 e. The van der Waals surface area contributed by atoms with E-state index in [1.807, 2.05) is 6.07 Å². The summed E-state index contributed by atoms with van der Waals surface area (Å²) >= 11 is 0. The molecule has 2 nitrogen and oxygen atoms in total. The zero-order valence-corrected chi connectivity index (χ0v) is 3.35. The van der Waals surface area contributed by atoms with E-state index in [0.717, 1.165) is 6.29 Å². The Labute approximate surface area is 36.4 Å². The van der Waals surface area contributed by atoms with Crippen molar-refractivity contribution in [3.05, 3.63) is 0 Å². The van der Waals surface area contributed by atoms with Gasteiger partial charge in [-0.2, -0.15) is 5.26 Å². The number of nitrogens with zero attached hydrogens (tertiary/aromatic N) is 1. The molecule has 0 spiro atoms. The van der Waals surface area contributed by atoms with Gasteiger partial charge in [0.2, 0.25) is 0 Å². The van der Waals surface area contributed by atoms with Crippen molar-refractivity contribution in [2.45, 2.75) is 12.8 Å². The molecule has 0 aromatic carbocycles. The molecule has 0 heterocycles. The van der Waals surface area contributed by atoms with Crippen LogP contribution in [0.5, 0.6) is 0 Å². The maximum atomic E-state index is 9.41. The van der Waals surface area contributed by atoms with Crippen LogP contribution in [-0.4, -0.2) is 6.29 Å². The lowest BCUT2D eigenvalue weighted by molar-refractivity contribution is -0.107. The standard InChI is InChI=1S/C4H5NO/c5-3-1-2-4-6/h4H,1-2H2/i1+1,2+1,3+1,4+1. The van der Waals surface area contributed by atoms with Crippen molar-refractivity contribution in [2.24, 2.45) is 0 Å². The van der Waals surface area contributed by atoms with Gasteiger partial charge in [-0.15, -0.1) is 0 Å². The summed E-state index contributed by atoms with van der Waals surface area (Å²) < 4.78 is 0. The maximum Gasteiger partial charge on any atom is 0.121 e. The lowest BCUT2D eigenvalue weighted by atomic mass is 11.4. The van der Waals surface area contributed by atoms with Crippen LogP contribution in [0.1, 0.15) is 12.8 Å². The van der Waals surface area contributed by atoms with Gasteiger partial charge in [0.15, 0.2) is 0 Å². The molecular formula is C4H5NO. The monoisotopic (exact) mass is 87.1 g/mol. The summed E-state index contributed by atoms with van der Waals surface area (Å²) in [5.74, 6) is 0. The molecule has 0 bridgehead atoms. The van der Waals surface area contributed by atoms with Crippen molar-refractivity contribution < 1.29 is 4.79 Å². The molecule has 0 amide bonds. The largest absolute Gasteiger partial charge is 0.303 e. The normalized spacial score (nSPS) is 6.50. The van der Waals surface area contributed by atoms with Gasteiger partial charge in [0.05, 0.1) is 6.07 Å². The Morgan fingerprint density at radius 1 is 1.83 bits per heavy atom. The predicted molar refractivity (Wildman–Crippen MR) is 20.9 cm³/mol. The third-order valence-electron chi connectivity index (χ3n) is 0.374. The van der Waals surface area contributed by atoms with E-state index in [1.165, 1.54) is 0 Å². The van der Waals surface area contributed by atoms with Crippen molar-refractivity contribution in [1.82, 2.24) is 0 Å². The number of unbranched alkanes of at least 4 members (excludes halogenated alkanes) is 1. The Bertz CT molecular complexity index is 72.1. The highest BCUT2D eigenvalue weighted by atomic mass is 16.2. The molecule has 0 aromatic heterocycles. The molecule has 0 aliphatic rings. The van der Waals surface area contributed by atoms with Crippen LogP contribution < -0.4 is 0 Å². The van der Waals surface area contributed by atoms with Crippen LogP contribution >= 0.6 is 0 Å². The van der Waals surface area contributed by atoms with E-state index in [0.29, 0.717) is 12.8 Å². The molecule has 0 aliphatic heterocycles. The van der Waals surface area contributed by atoms with Crippen molar-refractivity contribution in [3.63, 3.8) is 0 Å². The van der Waals surface area contributed by atoms with Crippen molar-refractivity contribution in [2.75, 3.05) is 0 Å². The number of aldehydes is 1. The van der Waals surface area contributed by atoms with Crippen LogP contribution in [-0.2, 0) is 4.79 Å². The number of carbonyl (C=O) groups is 1. The van der Waals surface area contributed by atoms with Gasteiger partial charge in [-0.05, 0) is 0 Å². The number of rotatable bonds is 2. The Balaban J connectivity index is 2.72. The minimum Gasteiger partial charge on any atom is -0.303 e. The molecule has 0 rings (SSSR count). The second-order valence-corrected chi connectivity index (χ2v) is 0.863. The van der Waals surface area contributed by atoms with Crippen molar-refractivity contribution in [3.8, 4) is 6.07 Å². The number of hydrogen-bond donors (Lipinski definition) is 0. The van der Waals surface area contributed by atoms with Gasteiger partial charge in [0, 0.05) is 12.8 Å². The minimum absolute atomic E-state index is 0.351. The van der Waals surface area contributed by atoms with Gasteiger partial charge in [0.1, 0.15) is 6.29 Å². The average Bonchev–Trinajstić information content (AvgIpc) is 1.61. The van der Waals surface area contributed by atoms with Gasteiger partial charge < -0.3 is 4.79 Å². The Hall–Kier alpha value is -0.840. The summed E-state index contributed by atoms with van der Waals surface area (Å²) in [4.78, 5) is 9.41. The summed E-state index contributed by atoms with van der Waals surface area (Å²) in [5, 5.41) is 7.79. The van der Waals surface area contributed by atoms with E-state index in [1.54, 1.807) is 0 Å². The second kappa shape index (κ2) is 4.16. The van der Waals surface area contributed by atoms with E-state index < -0.39 is 0 Å². The molecule has 0 fully saturated rings. The Kier molecular flexibility index (Phi) is 3.58. The lowest BCUT2D eigenvalue weighted by Gasteiger charge is -1.66. The van der Waals surface area contributed by atoms with Gasteiger partial charge in [-0.25, -0.2) is 0 Å². The summed E-state index contributed by atoms with van der Waals surface area (Å²) in [6.07, 6.45) is 1.46. The first-order valence-electron chi connectivity index (χ1n) is 1.72. The molecule has 0 aliphatic carbocycles. The first-order valence-corrected chi connectivity index (χ1v) is 1.72. The fourth-order valence-electron chi connectivity index (χ4n) is 0.123. The van der Waals surface area contributed by atoms with E-state index in [9.17, 15) is 4.79 Å². The number of nitriles is 1. The molecular weight excluding hydrogens is 82.0 g/mol. The predicted octanol–water partition coefficient (Wildman–Crippen LogP) is 0.489. The Morgan fingerprint density at radius 3 is 2.67 bits per heavy atom. The fraction of sp³-hybridized carbons (Fsp3) is 0.500. The summed E-state index contributed by atoms with van der Waals surface area (Å²) in [6, 6.07) is 1.84. The highest BCUT2D eigenvalue weighted by Gasteiger charge is 1.73. The van der Waals surface area contributed by atoms with Gasteiger partial charge in [-0.1, -0.05) is 0 Å². The third-order valence-corrected chi connectivity index (χ3v) is 0.374. The average molecular weight is 87.1 g/mol. The molecule has 6 heavy (non-hydrogen) atoms. The minimum atomic E-state index is 0.351. The molecule has 0 aromatic rings. The molecule has 0 radical (unpaired) electrons. The maximum absolute atomic E-state index is 9.41. The van der Waals surface area contributed by atoms with Crippen molar-refractivity contribution >= 4 is 6.29 Å². The molecule has 0 N–H and O–H groups in total. The van der Waals surface area contributed by atoms with Crippen LogP contribution in [0.3, 0.4) is 0 Å². The Morgan fingerprint density at radius 2 is 2.50 bits per heavy atom. The molecule has 2 heteroatoms. The van der Waals surface area contributed by atoms with Crippen LogP contribution in [0.25, 0.3) is 0 Å². The first-order chi connectivity index (χ1) is 2.91. The highest BCUT2D eigenvalue weighted by Crippen LogP contribution is 1.75. The summed E-state index contributed by atoms with van der Waals surface area (Å²) in [7, 11) is 0. The van der Waals surface area contributed by atoms with E-state index >= 15 is 0 Å². The van der Waals surface area contributed by atoms with Crippen molar-refractivity contribution in [1.29, 1.82) is 5.26 Å². The van der Waals surface area contributed by atoms with E-state index in [4.69, 9.17) is 5.26 Å². The molecule has 0 saturated carbocycles. The molecule has 0 unspecified atom stereocenters. The lowest BCUT2D eigenvalue weighted by Crippen LogP contribution is -1.67. The first kappa shape index (κ1) is 5.16. The number of carbonyl (C=O) groups excluding carboxylic acids is 1. The highest BCUT2D eigenvalue weighted by molar-refractivity contribution is 5.49. The molecule has 0 saturated heterocycles. The zero-order valence-electron chi connectivity index (χ0n) is 3.35. The van der Waals surface area contributed by atoms with Crippen LogP contribution in [0.2, 0.25) is 0 Å². The molecule has 32 valence electrons. The van der Waals surface area contributed by atoms with Crippen LogP contribution in [0.15, 0.2) is 0 Å². The van der Waals surface area contributed by atoms with Gasteiger partial charge in [0.25, 0.3) is 0 Å². The molecule has 0 atom stereocenters. The summed E-state index contributed by atoms with van der Waals surface area (Å²) in [5.41, 5.74) is 0. The van der Waals surface area contributed by atoms with E-state index in [2.05, 4.69) is 0 Å². The van der Waals surface area contributed by atoms with Gasteiger partial charge >= 0.3 is 0 Å². The third kappa shape index (κ3) is 3.16. The zero-order chi connectivity index (χ0) is 4.83.